The SMILES string of the molecule is C.C=C(C)/C(N)=C(\OC)c1ccc(C)cn1.C=CC[C@H]1CCCC[C@@H]1COC.CC.CO[C@H](C)c1ccccc1C.[HH]. The number of rotatable bonds is 9. The Morgan fingerprint density at radius 1 is 1.07 bits per heavy atom. The van der Waals surface area contributed by atoms with Crippen LogP contribution in [0.5, 0.6) is 0 Å². The summed E-state index contributed by atoms with van der Waals surface area (Å²) in [6.45, 7) is 20.5. The summed E-state index contributed by atoms with van der Waals surface area (Å²) >= 11 is 0. The Bertz CT molecular complexity index is 1000. The predicted molar refractivity (Wildman–Crippen MR) is 181 cm³/mol. The maximum Gasteiger partial charge on any atom is 0.167 e. The number of nitrogens with two attached hydrogens (primary N) is 1. The second kappa shape index (κ2) is 23.8. The molecule has 1 aromatic carbocycles. The smallest absolute Gasteiger partial charge is 0.167 e. The maximum atomic E-state index is 5.86. The van der Waals surface area contributed by atoms with E-state index in [1.165, 1.54) is 43.2 Å². The summed E-state index contributed by atoms with van der Waals surface area (Å²) in [4.78, 5) is 4.25. The van der Waals surface area contributed by atoms with Gasteiger partial charge in [0.1, 0.15) is 5.69 Å². The third-order valence-corrected chi connectivity index (χ3v) is 6.95. The third kappa shape index (κ3) is 15.1. The number of methoxy groups -OCH3 is 3. The minimum Gasteiger partial charge on any atom is -0.492 e. The van der Waals surface area contributed by atoms with E-state index in [1.807, 2.05) is 52.0 Å². The Kier molecular flexibility index (Phi) is 23.3. The summed E-state index contributed by atoms with van der Waals surface area (Å²) in [6, 6.07) is 12.1. The van der Waals surface area contributed by atoms with E-state index >= 15 is 0 Å². The second-order valence-corrected chi connectivity index (χ2v) is 9.97. The molecule has 0 amide bonds. The number of hydrogen-bond acceptors (Lipinski definition) is 5. The Morgan fingerprint density at radius 3 is 2.15 bits per heavy atom. The Morgan fingerprint density at radius 2 is 1.68 bits per heavy atom. The molecule has 0 unspecified atom stereocenters. The van der Waals surface area contributed by atoms with Crippen LogP contribution in [0, 0.1) is 25.7 Å². The fourth-order valence-corrected chi connectivity index (χ4v) is 4.56. The number of aryl methyl sites for hydroxylation is 2. The van der Waals surface area contributed by atoms with E-state index in [9.17, 15) is 0 Å². The highest BCUT2D eigenvalue weighted by Gasteiger charge is 2.23. The first-order chi connectivity index (χ1) is 19.2. The van der Waals surface area contributed by atoms with E-state index < -0.39 is 0 Å². The van der Waals surface area contributed by atoms with Crippen LogP contribution in [-0.2, 0) is 14.2 Å². The second-order valence-electron chi connectivity index (χ2n) is 9.97. The summed E-state index contributed by atoms with van der Waals surface area (Å²) in [5.74, 6) is 2.21. The van der Waals surface area contributed by atoms with Crippen molar-refractivity contribution in [3.05, 3.63) is 95.5 Å². The van der Waals surface area contributed by atoms with Crippen molar-refractivity contribution in [2.24, 2.45) is 17.6 Å². The van der Waals surface area contributed by atoms with E-state index in [-0.39, 0.29) is 15.0 Å². The van der Waals surface area contributed by atoms with Crippen molar-refractivity contribution in [2.75, 3.05) is 27.9 Å². The highest BCUT2D eigenvalue weighted by molar-refractivity contribution is 5.63. The normalized spacial score (nSPS) is 16.8. The monoisotopic (exact) mass is 570 g/mol. The van der Waals surface area contributed by atoms with Crippen LogP contribution in [0.4, 0.5) is 0 Å². The Labute approximate surface area is 254 Å². The summed E-state index contributed by atoms with van der Waals surface area (Å²) in [7, 11) is 5.11. The van der Waals surface area contributed by atoms with Crippen LogP contribution in [0.2, 0.25) is 0 Å². The standard InChI is InChI=1S/C12H16N2O.C11H20O.C10H14O.C2H6.CH4.H2/c1-8(2)11(13)12(15-4)10-6-5-9(3)7-14-10;1-3-6-10-7-4-5-8-11(10)9-12-2;1-8-6-4-5-7-10(8)9(2)11-3;1-2;;/h5-7H,1,13H2,2-4H3;3,10-11H,1,4-9H2,2H3;4-7,9H,1-3H3;1-2H3;1H4;1H/b12-11+;;;;;/t;10-,11+;9-;;;/m.01.../s1. The molecule has 1 heterocycles. The van der Waals surface area contributed by atoms with Crippen molar-refractivity contribution in [3.8, 4) is 0 Å². The third-order valence-electron chi connectivity index (χ3n) is 6.95. The molecule has 2 aromatic rings. The van der Waals surface area contributed by atoms with Gasteiger partial charge in [-0.25, -0.2) is 0 Å². The minimum atomic E-state index is 0. The molecule has 2 N–H and O–H groups in total. The van der Waals surface area contributed by atoms with Gasteiger partial charge in [0.05, 0.1) is 18.9 Å². The Balaban J connectivity index is -0.000000521. The van der Waals surface area contributed by atoms with Gasteiger partial charge in [-0.15, -0.1) is 6.58 Å². The van der Waals surface area contributed by atoms with Gasteiger partial charge in [-0.2, -0.15) is 0 Å². The van der Waals surface area contributed by atoms with Gasteiger partial charge in [0.25, 0.3) is 0 Å². The maximum absolute atomic E-state index is 5.86. The number of ether oxygens (including phenoxy) is 3. The Hall–Kier alpha value is -2.89. The van der Waals surface area contributed by atoms with Crippen molar-refractivity contribution < 1.29 is 15.6 Å². The molecule has 1 fully saturated rings. The number of pyridine rings is 1. The quantitative estimate of drug-likeness (QED) is 0.185. The van der Waals surface area contributed by atoms with Crippen LogP contribution in [0.3, 0.4) is 0 Å². The molecule has 5 heteroatoms. The molecule has 1 aliphatic carbocycles. The van der Waals surface area contributed by atoms with Crippen LogP contribution >= 0.6 is 0 Å². The molecule has 1 aromatic heterocycles. The molecule has 1 saturated carbocycles. The number of nitrogens with zero attached hydrogens (tertiary/aromatic N) is 1. The first-order valence-corrected chi connectivity index (χ1v) is 14.5. The van der Waals surface area contributed by atoms with Crippen LogP contribution in [0.1, 0.15) is 97.1 Å². The van der Waals surface area contributed by atoms with Gasteiger partial charge >= 0.3 is 0 Å². The lowest BCUT2D eigenvalue weighted by molar-refractivity contribution is 0.0950. The van der Waals surface area contributed by atoms with Gasteiger partial charge in [-0.05, 0) is 87.1 Å². The van der Waals surface area contributed by atoms with E-state index in [4.69, 9.17) is 19.9 Å². The van der Waals surface area contributed by atoms with E-state index in [1.54, 1.807) is 27.5 Å². The number of benzene rings is 1. The zero-order valence-corrected chi connectivity index (χ0v) is 26.8. The molecule has 1 aliphatic rings. The summed E-state index contributed by atoms with van der Waals surface area (Å²) in [5.41, 5.74) is 11.6. The largest absolute Gasteiger partial charge is 0.492 e. The van der Waals surface area contributed by atoms with Crippen LogP contribution in [0.15, 0.2) is 73.1 Å². The molecule has 3 atom stereocenters. The molecule has 0 saturated heterocycles. The number of allylic oxidation sites excluding steroid dienone is 2. The zero-order valence-electron chi connectivity index (χ0n) is 26.8. The lowest BCUT2D eigenvalue weighted by Gasteiger charge is -2.30. The number of hydrogen-bond donors (Lipinski definition) is 1. The van der Waals surface area contributed by atoms with Crippen molar-refractivity contribution in [1.82, 2.24) is 4.98 Å². The average Bonchev–Trinajstić information content (AvgIpc) is 2.97. The van der Waals surface area contributed by atoms with Crippen LogP contribution in [0.25, 0.3) is 5.76 Å². The van der Waals surface area contributed by atoms with Crippen molar-refractivity contribution in [3.63, 3.8) is 0 Å². The van der Waals surface area contributed by atoms with Crippen molar-refractivity contribution in [1.29, 1.82) is 0 Å². The van der Waals surface area contributed by atoms with E-state index in [0.717, 1.165) is 35.3 Å². The van der Waals surface area contributed by atoms with Crippen LogP contribution < -0.4 is 5.73 Å². The fourth-order valence-electron chi connectivity index (χ4n) is 4.56. The molecular formula is C36H62N2O3. The fraction of sp³-hybridized carbons (Fsp3) is 0.528. The van der Waals surface area contributed by atoms with Gasteiger partial charge < -0.3 is 19.9 Å². The molecular weight excluding hydrogens is 508 g/mol. The lowest BCUT2D eigenvalue weighted by Crippen LogP contribution is -2.23. The molecule has 3 rings (SSSR count). The highest BCUT2D eigenvalue weighted by atomic mass is 16.5. The topological polar surface area (TPSA) is 66.6 Å². The van der Waals surface area contributed by atoms with Crippen LogP contribution in [-0.4, -0.2) is 32.9 Å². The molecule has 5 nitrogen and oxygen atoms in total. The molecule has 234 valence electrons. The van der Waals surface area contributed by atoms with Crippen molar-refractivity contribution in [2.45, 2.75) is 87.2 Å². The summed E-state index contributed by atoms with van der Waals surface area (Å²) in [6.07, 6.45) is 10.7. The van der Waals surface area contributed by atoms with Crippen molar-refractivity contribution >= 4 is 5.76 Å². The first-order valence-electron chi connectivity index (χ1n) is 14.5. The van der Waals surface area contributed by atoms with Gasteiger partial charge in [-0.3, -0.25) is 4.98 Å². The van der Waals surface area contributed by atoms with E-state index in [0.29, 0.717) is 11.5 Å². The van der Waals surface area contributed by atoms with Gasteiger partial charge in [-0.1, -0.05) is 77.1 Å². The average molecular weight is 571 g/mol. The lowest BCUT2D eigenvalue weighted by atomic mass is 9.78. The number of aromatic nitrogens is 1. The molecule has 0 radical (unpaired) electrons. The van der Waals surface area contributed by atoms with Gasteiger partial charge in [0.15, 0.2) is 5.76 Å². The van der Waals surface area contributed by atoms with E-state index in [2.05, 4.69) is 50.2 Å². The molecule has 41 heavy (non-hydrogen) atoms. The summed E-state index contributed by atoms with van der Waals surface area (Å²) < 4.78 is 15.7. The van der Waals surface area contributed by atoms with Gasteiger partial charge in [0.2, 0.25) is 0 Å². The highest BCUT2D eigenvalue weighted by Crippen LogP contribution is 2.32. The molecule has 0 bridgehead atoms. The summed E-state index contributed by atoms with van der Waals surface area (Å²) in [5, 5.41) is 0. The molecule has 0 aliphatic heterocycles. The van der Waals surface area contributed by atoms with Gasteiger partial charge in [0, 0.05) is 28.4 Å². The zero-order chi connectivity index (χ0) is 30.5. The first kappa shape index (κ1) is 40.2. The predicted octanol–water partition coefficient (Wildman–Crippen LogP) is 9.87. The minimum absolute atomic E-state index is 0. The molecule has 0 spiro atoms.